The van der Waals surface area contributed by atoms with Crippen LogP contribution in [0, 0.1) is 0 Å². The lowest BCUT2D eigenvalue weighted by Crippen LogP contribution is -2.29. The molecular formula is C7H10N2O4S2. The predicted octanol–water partition coefficient (Wildman–Crippen LogP) is -0.317. The van der Waals surface area contributed by atoms with Crippen molar-refractivity contribution in [3.05, 3.63) is 16.3 Å². The van der Waals surface area contributed by atoms with Gasteiger partial charge in [0.25, 0.3) is 0 Å². The average molecular weight is 250 g/mol. The first kappa shape index (κ1) is 12.1. The molecule has 8 heteroatoms. The Morgan fingerprint density at radius 2 is 2.27 bits per heavy atom. The molecule has 0 aromatic carbocycles. The second kappa shape index (κ2) is 4.71. The third-order valence-electron chi connectivity index (χ3n) is 1.55. The summed E-state index contributed by atoms with van der Waals surface area (Å²) in [6.07, 6.45) is 0. The average Bonchev–Trinajstić information content (AvgIpc) is 2.63. The standard InChI is InChI=1S/C7H10N2O4S2/c8-2-3-9-15(12,13)5-1-4-14-6(5)7(10)11/h1,4,9H,2-3,8H2,(H,10,11). The highest BCUT2D eigenvalue weighted by molar-refractivity contribution is 7.89. The maximum Gasteiger partial charge on any atom is 0.347 e. The van der Waals surface area contributed by atoms with Gasteiger partial charge in [-0.1, -0.05) is 0 Å². The Labute approximate surface area is 90.8 Å². The molecular weight excluding hydrogens is 240 g/mol. The van der Waals surface area contributed by atoms with Crippen molar-refractivity contribution in [2.75, 3.05) is 13.1 Å². The molecule has 0 radical (unpaired) electrons. The number of thiophene rings is 1. The third kappa shape index (κ3) is 2.75. The number of carbonyl (C=O) groups is 1. The summed E-state index contributed by atoms with van der Waals surface area (Å²) in [5, 5.41) is 10.2. The topological polar surface area (TPSA) is 109 Å². The van der Waals surface area contributed by atoms with Crippen LogP contribution in [0.25, 0.3) is 0 Å². The van der Waals surface area contributed by atoms with Crippen LogP contribution in [-0.4, -0.2) is 32.6 Å². The summed E-state index contributed by atoms with van der Waals surface area (Å²) >= 11 is 0.868. The minimum absolute atomic E-state index is 0.0806. The number of nitrogens with two attached hydrogens (primary N) is 1. The zero-order chi connectivity index (χ0) is 11.5. The summed E-state index contributed by atoms with van der Waals surface area (Å²) in [7, 11) is -3.76. The van der Waals surface area contributed by atoms with Gasteiger partial charge in [-0.15, -0.1) is 11.3 Å². The lowest BCUT2D eigenvalue weighted by molar-refractivity contribution is 0.0698. The minimum atomic E-state index is -3.76. The summed E-state index contributed by atoms with van der Waals surface area (Å²) in [5.41, 5.74) is 5.15. The Bertz CT molecular complexity index is 451. The fraction of sp³-hybridized carbons (Fsp3) is 0.286. The largest absolute Gasteiger partial charge is 0.477 e. The van der Waals surface area contributed by atoms with E-state index in [-0.39, 0.29) is 22.9 Å². The van der Waals surface area contributed by atoms with Gasteiger partial charge in [-0.05, 0) is 11.4 Å². The molecule has 6 nitrogen and oxygen atoms in total. The first-order valence-electron chi connectivity index (χ1n) is 3.99. The van der Waals surface area contributed by atoms with E-state index in [1.165, 1.54) is 11.4 Å². The number of nitrogens with one attached hydrogen (secondary N) is 1. The van der Waals surface area contributed by atoms with Gasteiger partial charge in [-0.3, -0.25) is 0 Å². The molecule has 0 aliphatic rings. The van der Waals surface area contributed by atoms with Gasteiger partial charge in [0.15, 0.2) is 0 Å². The predicted molar refractivity (Wildman–Crippen MR) is 55.5 cm³/mol. The molecule has 4 N–H and O–H groups in total. The smallest absolute Gasteiger partial charge is 0.347 e. The maximum absolute atomic E-state index is 11.6. The Morgan fingerprint density at radius 1 is 1.60 bits per heavy atom. The number of rotatable bonds is 5. The molecule has 0 saturated carbocycles. The van der Waals surface area contributed by atoms with Gasteiger partial charge in [0, 0.05) is 13.1 Å². The quantitative estimate of drug-likeness (QED) is 0.663. The van der Waals surface area contributed by atoms with Gasteiger partial charge in [0.1, 0.15) is 9.77 Å². The summed E-state index contributed by atoms with van der Waals surface area (Å²) < 4.78 is 25.3. The van der Waals surface area contributed by atoms with Crippen LogP contribution in [-0.2, 0) is 10.0 Å². The van der Waals surface area contributed by atoms with E-state index in [0.717, 1.165) is 11.3 Å². The van der Waals surface area contributed by atoms with Crippen molar-refractivity contribution in [3.63, 3.8) is 0 Å². The molecule has 0 fully saturated rings. The highest BCUT2D eigenvalue weighted by atomic mass is 32.2. The molecule has 1 aromatic rings. The summed E-state index contributed by atoms with van der Waals surface area (Å²) in [6, 6.07) is 1.26. The molecule has 1 heterocycles. The van der Waals surface area contributed by atoms with Crippen molar-refractivity contribution >= 4 is 27.3 Å². The summed E-state index contributed by atoms with van der Waals surface area (Å²) in [6.45, 7) is 0.239. The first-order chi connectivity index (χ1) is 6.99. The molecule has 15 heavy (non-hydrogen) atoms. The SMILES string of the molecule is NCCNS(=O)(=O)c1ccsc1C(=O)O. The second-order valence-electron chi connectivity index (χ2n) is 2.61. The Morgan fingerprint density at radius 3 is 2.80 bits per heavy atom. The molecule has 0 amide bonds. The molecule has 0 atom stereocenters. The number of aromatic carboxylic acids is 1. The van der Waals surface area contributed by atoms with E-state index in [4.69, 9.17) is 10.8 Å². The third-order valence-corrected chi connectivity index (χ3v) is 4.08. The number of carboxylic acid groups (broad SMARTS) is 1. The highest BCUT2D eigenvalue weighted by Gasteiger charge is 2.22. The minimum Gasteiger partial charge on any atom is -0.477 e. The molecule has 1 rings (SSSR count). The van der Waals surface area contributed by atoms with Crippen LogP contribution in [0.4, 0.5) is 0 Å². The second-order valence-corrected chi connectivity index (χ2v) is 5.26. The van der Waals surface area contributed by atoms with Crippen LogP contribution in [0.3, 0.4) is 0 Å². The van der Waals surface area contributed by atoms with E-state index in [1.807, 2.05) is 0 Å². The van der Waals surface area contributed by atoms with E-state index < -0.39 is 16.0 Å². The fourth-order valence-corrected chi connectivity index (χ4v) is 3.24. The van der Waals surface area contributed by atoms with Gasteiger partial charge in [-0.2, -0.15) is 0 Å². The van der Waals surface area contributed by atoms with Gasteiger partial charge >= 0.3 is 5.97 Å². The highest BCUT2D eigenvalue weighted by Crippen LogP contribution is 2.21. The molecule has 0 bridgehead atoms. The monoisotopic (exact) mass is 250 g/mol. The zero-order valence-corrected chi connectivity index (χ0v) is 9.27. The van der Waals surface area contributed by atoms with Gasteiger partial charge in [-0.25, -0.2) is 17.9 Å². The number of hydrogen-bond donors (Lipinski definition) is 3. The van der Waals surface area contributed by atoms with Crippen LogP contribution in [0.2, 0.25) is 0 Å². The Hall–Kier alpha value is -0.960. The summed E-state index contributed by atoms with van der Waals surface area (Å²) in [4.78, 5) is 10.3. The van der Waals surface area contributed by atoms with Crippen LogP contribution < -0.4 is 10.5 Å². The van der Waals surface area contributed by atoms with Crippen LogP contribution in [0.1, 0.15) is 9.67 Å². The van der Waals surface area contributed by atoms with E-state index >= 15 is 0 Å². The first-order valence-corrected chi connectivity index (χ1v) is 6.36. The van der Waals surface area contributed by atoms with Crippen molar-refractivity contribution < 1.29 is 18.3 Å². The summed E-state index contributed by atoms with van der Waals surface area (Å²) in [5.74, 6) is -1.25. The lowest BCUT2D eigenvalue weighted by atomic mass is 10.5. The van der Waals surface area contributed by atoms with E-state index in [1.54, 1.807) is 0 Å². The molecule has 0 spiro atoms. The normalized spacial score (nSPS) is 11.5. The molecule has 0 aliphatic carbocycles. The van der Waals surface area contributed by atoms with Crippen molar-refractivity contribution in [1.82, 2.24) is 4.72 Å². The molecule has 0 unspecified atom stereocenters. The van der Waals surface area contributed by atoms with Crippen LogP contribution >= 0.6 is 11.3 Å². The Kier molecular flexibility index (Phi) is 3.80. The van der Waals surface area contributed by atoms with Gasteiger partial charge in [0.2, 0.25) is 10.0 Å². The zero-order valence-electron chi connectivity index (χ0n) is 7.63. The van der Waals surface area contributed by atoms with E-state index in [0.29, 0.717) is 0 Å². The fourth-order valence-electron chi connectivity index (χ4n) is 0.936. The van der Waals surface area contributed by atoms with Crippen LogP contribution in [0.15, 0.2) is 16.3 Å². The van der Waals surface area contributed by atoms with Crippen molar-refractivity contribution in [3.8, 4) is 0 Å². The molecule has 0 saturated heterocycles. The van der Waals surface area contributed by atoms with Crippen molar-refractivity contribution in [1.29, 1.82) is 0 Å². The number of sulfonamides is 1. The van der Waals surface area contributed by atoms with Gasteiger partial charge in [0.05, 0.1) is 0 Å². The Balaban J connectivity index is 3.05. The van der Waals surface area contributed by atoms with Gasteiger partial charge < -0.3 is 10.8 Å². The number of carboxylic acids is 1. The molecule has 0 aliphatic heterocycles. The lowest BCUT2D eigenvalue weighted by Gasteiger charge is -2.04. The maximum atomic E-state index is 11.6. The molecule has 1 aromatic heterocycles. The van der Waals surface area contributed by atoms with Crippen molar-refractivity contribution in [2.45, 2.75) is 4.90 Å². The van der Waals surface area contributed by atoms with Crippen LogP contribution in [0.5, 0.6) is 0 Å². The van der Waals surface area contributed by atoms with E-state index in [2.05, 4.69) is 4.72 Å². The van der Waals surface area contributed by atoms with E-state index in [9.17, 15) is 13.2 Å². The number of hydrogen-bond acceptors (Lipinski definition) is 5. The molecule has 84 valence electrons. The van der Waals surface area contributed by atoms with Crippen molar-refractivity contribution in [2.24, 2.45) is 5.73 Å².